The molecule has 3 aromatic carbocycles. The number of hydrogen-bond acceptors (Lipinski definition) is 3. The number of amides is 3. The number of hydrogen-bond donors (Lipinski definition) is 3. The third kappa shape index (κ3) is 5.09. The van der Waals surface area contributed by atoms with Crippen LogP contribution in [0.1, 0.15) is 16.1 Å². The van der Waals surface area contributed by atoms with Crippen molar-refractivity contribution in [3.05, 3.63) is 92.5 Å². The summed E-state index contributed by atoms with van der Waals surface area (Å²) >= 11 is 15.5. The lowest BCUT2D eigenvalue weighted by Gasteiger charge is -2.13. The van der Waals surface area contributed by atoms with Crippen LogP contribution in [0.4, 0.5) is 11.4 Å². The number of nitrogens with zero attached hydrogens (tertiary/aromatic N) is 1. The van der Waals surface area contributed by atoms with Gasteiger partial charge in [-0.1, -0.05) is 45.2 Å². The molecule has 4 rings (SSSR count). The number of nitrogens with one attached hydrogen (secondary N) is 3. The Hall–Kier alpha value is -3.33. The van der Waals surface area contributed by atoms with E-state index in [1.54, 1.807) is 73.7 Å². The van der Waals surface area contributed by atoms with Crippen LogP contribution in [0.5, 0.6) is 0 Å². The summed E-state index contributed by atoms with van der Waals surface area (Å²) in [5.74, 6) is -2.37. The van der Waals surface area contributed by atoms with E-state index in [-0.39, 0.29) is 5.69 Å². The molecule has 0 spiro atoms. The standard InChI is InChI=1S/C24H17BrCl2N4O3/c1-13-18(27)3-2-4-19(13)29-23(33)24(34)30-31-20-10-7-16(26)11-14(20)12-21(31)22(32)28-17-8-5-15(25)6-9-17/h2-12H,1H3,(H,28,32)(H,29,33)(H,30,34). The van der Waals surface area contributed by atoms with Gasteiger partial charge in [0.1, 0.15) is 5.69 Å². The molecule has 0 aliphatic rings. The molecule has 172 valence electrons. The second kappa shape index (κ2) is 9.89. The minimum atomic E-state index is -0.968. The molecule has 1 aromatic heterocycles. The molecule has 4 aromatic rings. The van der Waals surface area contributed by atoms with Crippen molar-refractivity contribution in [2.24, 2.45) is 0 Å². The number of carbonyl (C=O) groups is 3. The fourth-order valence-electron chi connectivity index (χ4n) is 3.28. The number of benzene rings is 3. The molecular weight excluding hydrogens is 543 g/mol. The first kappa shape index (κ1) is 23.8. The van der Waals surface area contributed by atoms with Gasteiger partial charge in [0.2, 0.25) is 0 Å². The van der Waals surface area contributed by atoms with Crippen LogP contribution < -0.4 is 16.1 Å². The Kier molecular flexibility index (Phi) is 6.92. The maximum atomic E-state index is 13.1. The van der Waals surface area contributed by atoms with E-state index in [0.29, 0.717) is 37.9 Å². The predicted octanol–water partition coefficient (Wildman–Crippen LogP) is 5.98. The third-order valence-corrected chi connectivity index (χ3v) is 6.21. The maximum Gasteiger partial charge on any atom is 0.328 e. The highest BCUT2D eigenvalue weighted by atomic mass is 79.9. The van der Waals surface area contributed by atoms with E-state index in [2.05, 4.69) is 32.0 Å². The molecule has 0 bridgehead atoms. The van der Waals surface area contributed by atoms with Gasteiger partial charge in [-0.05, 0) is 73.2 Å². The minimum absolute atomic E-state index is 0.111. The average molecular weight is 560 g/mol. The van der Waals surface area contributed by atoms with Gasteiger partial charge in [0.25, 0.3) is 5.91 Å². The molecule has 0 radical (unpaired) electrons. The van der Waals surface area contributed by atoms with Crippen LogP contribution in [0.25, 0.3) is 10.9 Å². The fraction of sp³-hybridized carbons (Fsp3) is 0.0417. The van der Waals surface area contributed by atoms with E-state index < -0.39 is 17.7 Å². The highest BCUT2D eigenvalue weighted by Crippen LogP contribution is 2.25. The zero-order chi connectivity index (χ0) is 24.4. The summed E-state index contributed by atoms with van der Waals surface area (Å²) in [4.78, 5) is 38.4. The van der Waals surface area contributed by atoms with Crippen molar-refractivity contribution in [1.82, 2.24) is 4.68 Å². The molecule has 0 atom stereocenters. The van der Waals surface area contributed by atoms with Crippen molar-refractivity contribution in [2.45, 2.75) is 6.92 Å². The highest BCUT2D eigenvalue weighted by Gasteiger charge is 2.22. The summed E-state index contributed by atoms with van der Waals surface area (Å²) in [5.41, 5.74) is 4.70. The number of aromatic nitrogens is 1. The van der Waals surface area contributed by atoms with E-state index in [0.717, 1.165) is 4.47 Å². The molecule has 34 heavy (non-hydrogen) atoms. The SMILES string of the molecule is Cc1c(Cl)cccc1NC(=O)C(=O)Nn1c(C(=O)Nc2ccc(Br)cc2)cc2cc(Cl)ccc21. The first-order valence-electron chi connectivity index (χ1n) is 9.98. The molecule has 7 nitrogen and oxygen atoms in total. The third-order valence-electron chi connectivity index (χ3n) is 5.03. The summed E-state index contributed by atoms with van der Waals surface area (Å²) in [5, 5.41) is 6.85. The Morgan fingerprint density at radius 2 is 1.62 bits per heavy atom. The van der Waals surface area contributed by atoms with E-state index in [1.807, 2.05) is 0 Å². The second-order valence-corrected chi connectivity index (χ2v) is 9.10. The van der Waals surface area contributed by atoms with Crippen LogP contribution in [0.15, 0.2) is 71.2 Å². The van der Waals surface area contributed by atoms with Gasteiger partial charge in [0, 0.05) is 31.3 Å². The largest absolute Gasteiger partial charge is 0.328 e. The Morgan fingerprint density at radius 1 is 0.882 bits per heavy atom. The number of anilines is 2. The number of fused-ring (bicyclic) bond motifs is 1. The average Bonchev–Trinajstić information content (AvgIpc) is 3.15. The van der Waals surface area contributed by atoms with Gasteiger partial charge in [-0.15, -0.1) is 0 Å². The van der Waals surface area contributed by atoms with E-state index in [4.69, 9.17) is 23.2 Å². The van der Waals surface area contributed by atoms with E-state index in [1.165, 1.54) is 4.68 Å². The molecule has 3 N–H and O–H groups in total. The summed E-state index contributed by atoms with van der Waals surface area (Å²) in [6.45, 7) is 1.73. The number of carbonyl (C=O) groups excluding carboxylic acids is 3. The zero-order valence-corrected chi connectivity index (χ0v) is 20.8. The van der Waals surface area contributed by atoms with Crippen LogP contribution in [0.3, 0.4) is 0 Å². The second-order valence-electron chi connectivity index (χ2n) is 7.34. The molecule has 0 aliphatic carbocycles. The van der Waals surface area contributed by atoms with Crippen LogP contribution in [0.2, 0.25) is 10.0 Å². The first-order valence-corrected chi connectivity index (χ1v) is 11.5. The van der Waals surface area contributed by atoms with Crippen LogP contribution in [-0.2, 0) is 9.59 Å². The van der Waals surface area contributed by atoms with Gasteiger partial charge in [-0.3, -0.25) is 19.8 Å². The Labute approximate surface area is 213 Å². The minimum Gasteiger partial charge on any atom is -0.321 e. The zero-order valence-electron chi connectivity index (χ0n) is 17.7. The van der Waals surface area contributed by atoms with Gasteiger partial charge in [0.15, 0.2) is 0 Å². The molecule has 0 aliphatic heterocycles. The normalized spacial score (nSPS) is 10.7. The molecule has 0 fully saturated rings. The Bertz CT molecular complexity index is 1430. The quantitative estimate of drug-likeness (QED) is 0.268. The number of rotatable bonds is 4. The van der Waals surface area contributed by atoms with Crippen molar-refractivity contribution >= 4 is 79.1 Å². The molecule has 0 unspecified atom stereocenters. The van der Waals surface area contributed by atoms with E-state index in [9.17, 15) is 14.4 Å². The van der Waals surface area contributed by atoms with Crippen molar-refractivity contribution in [1.29, 1.82) is 0 Å². The Morgan fingerprint density at radius 3 is 2.35 bits per heavy atom. The molecular formula is C24H17BrCl2N4O3. The molecule has 1 heterocycles. The van der Waals surface area contributed by atoms with Gasteiger partial charge in [-0.2, -0.15) is 0 Å². The summed E-state index contributed by atoms with van der Waals surface area (Å²) in [6.07, 6.45) is 0. The predicted molar refractivity (Wildman–Crippen MR) is 138 cm³/mol. The van der Waals surface area contributed by atoms with Crippen LogP contribution in [0, 0.1) is 6.92 Å². The van der Waals surface area contributed by atoms with E-state index >= 15 is 0 Å². The first-order chi connectivity index (χ1) is 16.2. The van der Waals surface area contributed by atoms with Crippen LogP contribution in [-0.4, -0.2) is 22.4 Å². The number of halogens is 3. The lowest BCUT2D eigenvalue weighted by molar-refractivity contribution is -0.133. The Balaban J connectivity index is 1.63. The molecule has 3 amide bonds. The topological polar surface area (TPSA) is 92.2 Å². The molecule has 0 saturated heterocycles. The maximum absolute atomic E-state index is 13.1. The van der Waals surface area contributed by atoms with Gasteiger partial charge < -0.3 is 10.6 Å². The van der Waals surface area contributed by atoms with Crippen molar-refractivity contribution in [3.63, 3.8) is 0 Å². The molecule has 10 heteroatoms. The smallest absolute Gasteiger partial charge is 0.321 e. The molecule has 0 saturated carbocycles. The van der Waals surface area contributed by atoms with Gasteiger partial charge in [0.05, 0.1) is 5.52 Å². The lowest BCUT2D eigenvalue weighted by atomic mass is 10.2. The van der Waals surface area contributed by atoms with Gasteiger partial charge >= 0.3 is 11.8 Å². The van der Waals surface area contributed by atoms with Crippen LogP contribution >= 0.6 is 39.1 Å². The van der Waals surface area contributed by atoms with Gasteiger partial charge in [-0.25, -0.2) is 4.68 Å². The monoisotopic (exact) mass is 558 g/mol. The lowest BCUT2D eigenvalue weighted by Crippen LogP contribution is -2.36. The van der Waals surface area contributed by atoms with Crippen molar-refractivity contribution in [3.8, 4) is 0 Å². The summed E-state index contributed by atoms with van der Waals surface area (Å²) in [6, 6.07) is 18.5. The summed E-state index contributed by atoms with van der Waals surface area (Å²) < 4.78 is 2.12. The highest BCUT2D eigenvalue weighted by molar-refractivity contribution is 9.10. The van der Waals surface area contributed by atoms with Crippen molar-refractivity contribution in [2.75, 3.05) is 16.1 Å². The fourth-order valence-corrected chi connectivity index (χ4v) is 3.90. The summed E-state index contributed by atoms with van der Waals surface area (Å²) in [7, 11) is 0. The van der Waals surface area contributed by atoms with Crippen molar-refractivity contribution < 1.29 is 14.4 Å².